The number of pyridine rings is 1. The van der Waals surface area contributed by atoms with Gasteiger partial charge >= 0.3 is 0 Å². The number of anilines is 1. The first-order valence-electron chi connectivity index (χ1n) is 7.22. The molecular formula is C18H16BrN2OS+. The molecule has 0 aliphatic heterocycles. The third-order valence-electron chi connectivity index (χ3n) is 3.44. The van der Waals surface area contributed by atoms with E-state index in [1.54, 1.807) is 0 Å². The minimum Gasteiger partial charge on any atom is -0.325 e. The lowest BCUT2D eigenvalue weighted by Gasteiger charge is -2.04. The van der Waals surface area contributed by atoms with Crippen LogP contribution in [0, 0.1) is 6.92 Å². The summed E-state index contributed by atoms with van der Waals surface area (Å²) >= 11 is 4.88. The van der Waals surface area contributed by atoms with E-state index in [-0.39, 0.29) is 5.91 Å². The van der Waals surface area contributed by atoms with Crippen LogP contribution in [0.15, 0.2) is 64.1 Å². The number of aromatic amines is 1. The summed E-state index contributed by atoms with van der Waals surface area (Å²) in [6.07, 6.45) is 0. The van der Waals surface area contributed by atoms with E-state index in [0.29, 0.717) is 5.75 Å². The van der Waals surface area contributed by atoms with E-state index in [1.165, 1.54) is 22.7 Å². The first-order valence-corrected chi connectivity index (χ1v) is 8.99. The topological polar surface area (TPSA) is 43.2 Å². The first kappa shape index (κ1) is 16.0. The number of fused-ring (bicyclic) bond motifs is 1. The molecule has 0 saturated carbocycles. The maximum Gasteiger partial charge on any atom is 0.239 e. The van der Waals surface area contributed by atoms with Gasteiger partial charge in [-0.1, -0.05) is 28.1 Å². The van der Waals surface area contributed by atoms with Gasteiger partial charge in [0.1, 0.15) is 0 Å². The summed E-state index contributed by atoms with van der Waals surface area (Å²) in [6, 6.07) is 17.8. The molecule has 0 fully saturated rings. The van der Waals surface area contributed by atoms with E-state index < -0.39 is 0 Å². The van der Waals surface area contributed by atoms with Gasteiger partial charge in [0.15, 0.2) is 0 Å². The number of thioether (sulfide) groups is 1. The van der Waals surface area contributed by atoms with Crippen LogP contribution in [-0.2, 0) is 4.79 Å². The van der Waals surface area contributed by atoms with E-state index >= 15 is 0 Å². The number of carbonyl (C=O) groups is 1. The average molecular weight is 388 g/mol. The van der Waals surface area contributed by atoms with Crippen LogP contribution in [0.4, 0.5) is 5.69 Å². The number of amides is 1. The minimum atomic E-state index is -0.0171. The summed E-state index contributed by atoms with van der Waals surface area (Å²) in [4.78, 5) is 15.4. The van der Waals surface area contributed by atoms with Gasteiger partial charge in [-0.25, -0.2) is 0 Å². The van der Waals surface area contributed by atoms with Crippen LogP contribution in [-0.4, -0.2) is 11.7 Å². The molecule has 116 valence electrons. The smallest absolute Gasteiger partial charge is 0.239 e. The highest BCUT2D eigenvalue weighted by Crippen LogP contribution is 2.21. The molecule has 3 nitrogen and oxygen atoms in total. The highest BCUT2D eigenvalue weighted by Gasteiger charge is 2.11. The van der Waals surface area contributed by atoms with Crippen molar-refractivity contribution in [2.24, 2.45) is 0 Å². The van der Waals surface area contributed by atoms with Gasteiger partial charge in [-0.3, -0.25) is 4.79 Å². The molecule has 0 saturated heterocycles. The van der Waals surface area contributed by atoms with Crippen molar-refractivity contribution in [3.63, 3.8) is 0 Å². The molecule has 0 radical (unpaired) electrons. The Hall–Kier alpha value is -1.85. The molecule has 3 aromatic rings. The Labute approximate surface area is 147 Å². The van der Waals surface area contributed by atoms with Gasteiger partial charge in [0, 0.05) is 27.7 Å². The van der Waals surface area contributed by atoms with Crippen molar-refractivity contribution < 1.29 is 9.78 Å². The van der Waals surface area contributed by atoms with E-state index in [0.717, 1.165) is 20.7 Å². The predicted molar refractivity (Wildman–Crippen MR) is 98.7 cm³/mol. The molecule has 1 heterocycles. The zero-order chi connectivity index (χ0) is 16.2. The second-order valence-corrected chi connectivity index (χ2v) is 7.14. The van der Waals surface area contributed by atoms with Crippen LogP contribution in [0.3, 0.4) is 0 Å². The average Bonchev–Trinajstić information content (AvgIpc) is 2.55. The largest absolute Gasteiger partial charge is 0.325 e. The van der Waals surface area contributed by atoms with Gasteiger partial charge in [-0.15, -0.1) is 0 Å². The molecule has 0 aliphatic carbocycles. The SMILES string of the molecule is Cc1cc(SCC(=O)Nc2ccc(Br)cc2)[nH+]c2ccccc12. The fourth-order valence-electron chi connectivity index (χ4n) is 2.33. The van der Waals surface area contributed by atoms with Gasteiger partial charge in [0.2, 0.25) is 16.4 Å². The molecule has 0 spiro atoms. The number of para-hydroxylation sites is 1. The third kappa shape index (κ3) is 4.12. The second kappa shape index (κ2) is 7.15. The number of nitrogens with one attached hydrogen (secondary N) is 2. The highest BCUT2D eigenvalue weighted by molar-refractivity contribution is 9.10. The third-order valence-corrected chi connectivity index (χ3v) is 4.91. The molecule has 0 bridgehead atoms. The first-order chi connectivity index (χ1) is 11.1. The molecule has 0 atom stereocenters. The van der Waals surface area contributed by atoms with Crippen molar-refractivity contribution in [2.45, 2.75) is 11.9 Å². The van der Waals surface area contributed by atoms with Crippen molar-refractivity contribution in [2.75, 3.05) is 11.1 Å². The lowest BCUT2D eigenvalue weighted by Crippen LogP contribution is -2.16. The van der Waals surface area contributed by atoms with Crippen LogP contribution in [0.5, 0.6) is 0 Å². The number of aromatic nitrogens is 1. The molecule has 2 N–H and O–H groups in total. The van der Waals surface area contributed by atoms with Gasteiger partial charge in [-0.2, -0.15) is 4.98 Å². The van der Waals surface area contributed by atoms with Gasteiger partial charge < -0.3 is 5.32 Å². The Morgan fingerprint density at radius 2 is 1.91 bits per heavy atom. The fraction of sp³-hybridized carbons (Fsp3) is 0.111. The normalized spacial score (nSPS) is 10.7. The van der Waals surface area contributed by atoms with Crippen LogP contribution in [0.1, 0.15) is 5.56 Å². The zero-order valence-corrected chi connectivity index (χ0v) is 15.0. The van der Waals surface area contributed by atoms with E-state index in [2.05, 4.69) is 45.3 Å². The van der Waals surface area contributed by atoms with Gasteiger partial charge in [0.25, 0.3) is 0 Å². The van der Waals surface area contributed by atoms with Gasteiger partial charge in [0.05, 0.1) is 5.75 Å². The van der Waals surface area contributed by atoms with Crippen LogP contribution in [0.25, 0.3) is 10.9 Å². The maximum atomic E-state index is 12.1. The Morgan fingerprint density at radius 1 is 1.17 bits per heavy atom. The second-order valence-electron chi connectivity index (χ2n) is 5.21. The molecule has 1 aromatic heterocycles. The van der Waals surface area contributed by atoms with E-state index in [1.807, 2.05) is 42.5 Å². The van der Waals surface area contributed by atoms with Crippen LogP contribution >= 0.6 is 27.7 Å². The van der Waals surface area contributed by atoms with E-state index in [4.69, 9.17) is 0 Å². The molecule has 3 rings (SSSR count). The molecule has 0 aliphatic rings. The van der Waals surface area contributed by atoms with Crippen LogP contribution < -0.4 is 10.3 Å². The van der Waals surface area contributed by atoms with Crippen molar-refractivity contribution in [3.8, 4) is 0 Å². The number of H-pyrrole nitrogens is 1. The van der Waals surface area contributed by atoms with Crippen molar-refractivity contribution in [1.82, 2.24) is 0 Å². The quantitative estimate of drug-likeness (QED) is 0.671. The Bertz CT molecular complexity index is 849. The number of rotatable bonds is 4. The number of carbonyl (C=O) groups excluding carboxylic acids is 1. The fourth-order valence-corrected chi connectivity index (χ4v) is 3.40. The monoisotopic (exact) mass is 387 g/mol. The van der Waals surface area contributed by atoms with Crippen molar-refractivity contribution in [1.29, 1.82) is 0 Å². The Balaban J connectivity index is 1.66. The molecule has 5 heteroatoms. The maximum absolute atomic E-state index is 12.1. The van der Waals surface area contributed by atoms with Gasteiger partial charge in [-0.05, 0) is 54.6 Å². The number of aryl methyl sites for hydroxylation is 1. The molecule has 2 aromatic carbocycles. The minimum absolute atomic E-state index is 0.0171. The number of hydrogen-bond donors (Lipinski definition) is 1. The molecule has 0 unspecified atom stereocenters. The zero-order valence-electron chi connectivity index (χ0n) is 12.6. The summed E-state index contributed by atoms with van der Waals surface area (Å²) in [5, 5.41) is 5.09. The van der Waals surface area contributed by atoms with Crippen molar-refractivity contribution >= 4 is 50.2 Å². The number of hydrogen-bond acceptors (Lipinski definition) is 2. The summed E-state index contributed by atoms with van der Waals surface area (Å²) in [5.41, 5.74) is 3.09. The number of benzene rings is 2. The summed E-state index contributed by atoms with van der Waals surface area (Å²) in [7, 11) is 0. The summed E-state index contributed by atoms with van der Waals surface area (Å²) < 4.78 is 0.992. The number of halogens is 1. The lowest BCUT2D eigenvalue weighted by molar-refractivity contribution is -0.395. The van der Waals surface area contributed by atoms with E-state index in [9.17, 15) is 4.79 Å². The summed E-state index contributed by atoms with van der Waals surface area (Å²) in [5.74, 6) is 0.348. The predicted octanol–water partition coefficient (Wildman–Crippen LogP) is 4.46. The summed E-state index contributed by atoms with van der Waals surface area (Å²) in [6.45, 7) is 2.09. The van der Waals surface area contributed by atoms with Crippen molar-refractivity contribution in [3.05, 3.63) is 64.6 Å². The molecule has 23 heavy (non-hydrogen) atoms. The molecule has 1 amide bonds. The highest BCUT2D eigenvalue weighted by atomic mass is 79.9. The lowest BCUT2D eigenvalue weighted by atomic mass is 10.1. The standard InChI is InChI=1S/C18H15BrN2OS/c1-12-10-18(21-16-5-3-2-4-15(12)16)23-11-17(22)20-14-8-6-13(19)7-9-14/h2-10H,11H2,1H3,(H,20,22)/p+1. The Morgan fingerprint density at radius 3 is 2.70 bits per heavy atom. The van der Waals surface area contributed by atoms with Crippen LogP contribution in [0.2, 0.25) is 0 Å². The molecular weight excluding hydrogens is 372 g/mol. The Kier molecular flexibility index (Phi) is 4.98.